The highest BCUT2D eigenvalue weighted by atomic mass is 32.2. The van der Waals surface area contributed by atoms with Crippen LogP contribution in [0.4, 0.5) is 0 Å². The van der Waals surface area contributed by atoms with Gasteiger partial charge in [0.05, 0.1) is 10.8 Å². The molecule has 3 nitrogen and oxygen atoms in total. The number of aryl methyl sites for hydroxylation is 1. The van der Waals surface area contributed by atoms with E-state index in [1.54, 1.807) is 11.8 Å². The van der Waals surface area contributed by atoms with Crippen LogP contribution in [0.1, 0.15) is 21.9 Å². The number of rotatable bonds is 4. The van der Waals surface area contributed by atoms with Gasteiger partial charge in [-0.3, -0.25) is 4.40 Å². The summed E-state index contributed by atoms with van der Waals surface area (Å²) >= 11 is 1.74. The molecule has 0 aliphatic heterocycles. The maximum absolute atomic E-state index is 4.55. The minimum atomic E-state index is 0.148. The van der Waals surface area contributed by atoms with E-state index in [0.29, 0.717) is 0 Å². The van der Waals surface area contributed by atoms with Crippen LogP contribution in [0.5, 0.6) is 0 Å². The predicted molar refractivity (Wildman–Crippen MR) is 116 cm³/mol. The van der Waals surface area contributed by atoms with Crippen molar-refractivity contribution in [2.75, 3.05) is 0 Å². The summed E-state index contributed by atoms with van der Waals surface area (Å²) in [6.07, 6.45) is 0. The van der Waals surface area contributed by atoms with E-state index in [4.69, 9.17) is 0 Å². The lowest BCUT2D eigenvalue weighted by molar-refractivity contribution is 0.933. The smallest absolute Gasteiger partial charge is 0.197 e. The van der Waals surface area contributed by atoms with Crippen molar-refractivity contribution in [1.29, 1.82) is 0 Å². The Bertz CT molecular complexity index is 1210. The second kappa shape index (κ2) is 7.13. The summed E-state index contributed by atoms with van der Waals surface area (Å²) in [4.78, 5) is 0. The Morgan fingerprint density at radius 3 is 2.04 bits per heavy atom. The largest absolute Gasteiger partial charge is 0.270 e. The quantitative estimate of drug-likeness (QED) is 0.354. The number of para-hydroxylation sites is 1. The number of thioether (sulfide) groups is 1. The maximum Gasteiger partial charge on any atom is 0.197 e. The lowest BCUT2D eigenvalue weighted by atomic mass is 10.0. The highest BCUT2D eigenvalue weighted by Gasteiger charge is 2.20. The average molecular weight is 382 g/mol. The molecule has 0 unspecified atom stereocenters. The zero-order chi connectivity index (χ0) is 18.9. The molecule has 2 heterocycles. The molecule has 4 heteroatoms. The summed E-state index contributed by atoms with van der Waals surface area (Å²) in [5.74, 6) is 0. The molecule has 0 fully saturated rings. The number of benzene rings is 3. The van der Waals surface area contributed by atoms with Crippen molar-refractivity contribution in [3.8, 4) is 0 Å². The monoisotopic (exact) mass is 381 g/mol. The van der Waals surface area contributed by atoms with Gasteiger partial charge < -0.3 is 0 Å². The van der Waals surface area contributed by atoms with E-state index < -0.39 is 0 Å². The fraction of sp³-hybridized carbons (Fsp3) is 0.0833. The Labute approximate surface area is 168 Å². The number of hydrogen-bond donors (Lipinski definition) is 0. The van der Waals surface area contributed by atoms with Gasteiger partial charge >= 0.3 is 0 Å². The Balaban J connectivity index is 1.68. The number of nitrogens with zero attached hydrogens (tertiary/aromatic N) is 3. The van der Waals surface area contributed by atoms with Crippen molar-refractivity contribution in [2.45, 2.75) is 17.3 Å². The van der Waals surface area contributed by atoms with Crippen molar-refractivity contribution >= 4 is 28.3 Å². The first kappa shape index (κ1) is 17.0. The standard InChI is InChI=1S/C24H19N3S/c1-17-16-22-25-26-24(27(22)21-15-9-8-14-20(17)21)28-23(18-10-4-2-5-11-18)19-12-6-3-7-13-19/h2-16,23H,1H3. The number of fused-ring (bicyclic) bond motifs is 3. The van der Waals surface area contributed by atoms with E-state index in [1.807, 2.05) is 0 Å². The molecule has 28 heavy (non-hydrogen) atoms. The molecule has 0 N–H and O–H groups in total. The molecule has 0 aliphatic rings. The predicted octanol–water partition coefficient (Wildman–Crippen LogP) is 6.07. The fourth-order valence-electron chi connectivity index (χ4n) is 3.64. The molecule has 5 aromatic rings. The van der Waals surface area contributed by atoms with Gasteiger partial charge in [-0.05, 0) is 35.7 Å². The van der Waals surface area contributed by atoms with Gasteiger partial charge in [-0.1, -0.05) is 90.6 Å². The van der Waals surface area contributed by atoms with E-state index in [-0.39, 0.29) is 5.25 Å². The lowest BCUT2D eigenvalue weighted by Gasteiger charge is -2.17. The highest BCUT2D eigenvalue weighted by Crippen LogP contribution is 2.40. The molecular weight excluding hydrogens is 362 g/mol. The zero-order valence-electron chi connectivity index (χ0n) is 15.5. The van der Waals surface area contributed by atoms with Gasteiger partial charge in [0.1, 0.15) is 0 Å². The van der Waals surface area contributed by atoms with Crippen molar-refractivity contribution in [1.82, 2.24) is 14.6 Å². The summed E-state index contributed by atoms with van der Waals surface area (Å²) < 4.78 is 2.17. The molecule has 5 rings (SSSR count). The molecule has 0 saturated heterocycles. The van der Waals surface area contributed by atoms with Crippen LogP contribution in [0.2, 0.25) is 0 Å². The molecule has 3 aromatic carbocycles. The van der Waals surface area contributed by atoms with E-state index in [1.165, 1.54) is 22.1 Å². The van der Waals surface area contributed by atoms with Crippen LogP contribution < -0.4 is 0 Å². The number of hydrogen-bond acceptors (Lipinski definition) is 3. The van der Waals surface area contributed by atoms with Crippen molar-refractivity contribution in [2.24, 2.45) is 0 Å². The van der Waals surface area contributed by atoms with Crippen LogP contribution in [-0.2, 0) is 0 Å². The van der Waals surface area contributed by atoms with Crippen LogP contribution in [0.15, 0.2) is 96.2 Å². The Morgan fingerprint density at radius 1 is 0.750 bits per heavy atom. The van der Waals surface area contributed by atoms with Gasteiger partial charge in [0, 0.05) is 5.39 Å². The van der Waals surface area contributed by atoms with Crippen LogP contribution in [0, 0.1) is 6.92 Å². The lowest BCUT2D eigenvalue weighted by Crippen LogP contribution is -1.99. The van der Waals surface area contributed by atoms with Gasteiger partial charge in [-0.2, -0.15) is 0 Å². The minimum Gasteiger partial charge on any atom is -0.270 e. The summed E-state index contributed by atoms with van der Waals surface area (Å²) in [5, 5.41) is 11.3. The molecule has 0 radical (unpaired) electrons. The average Bonchev–Trinajstić information content (AvgIpc) is 3.16. The normalized spacial score (nSPS) is 11.5. The van der Waals surface area contributed by atoms with Gasteiger partial charge in [0.2, 0.25) is 0 Å². The Hall–Kier alpha value is -3.11. The summed E-state index contributed by atoms with van der Waals surface area (Å²) in [6, 6.07) is 31.7. The third kappa shape index (κ3) is 2.96. The summed E-state index contributed by atoms with van der Waals surface area (Å²) in [7, 11) is 0. The van der Waals surface area contributed by atoms with Crippen LogP contribution >= 0.6 is 11.8 Å². The molecule has 0 spiro atoms. The van der Waals surface area contributed by atoms with E-state index in [0.717, 1.165) is 16.3 Å². The van der Waals surface area contributed by atoms with Gasteiger partial charge in [-0.15, -0.1) is 10.2 Å². The van der Waals surface area contributed by atoms with Crippen molar-refractivity contribution < 1.29 is 0 Å². The van der Waals surface area contributed by atoms with Crippen LogP contribution in [0.3, 0.4) is 0 Å². The SMILES string of the molecule is Cc1cc2nnc(SC(c3ccccc3)c3ccccc3)n2c2ccccc12. The molecule has 0 bridgehead atoms. The van der Waals surface area contributed by atoms with E-state index in [2.05, 4.69) is 113 Å². The third-order valence-corrected chi connectivity index (χ3v) is 6.26. The summed E-state index contributed by atoms with van der Waals surface area (Å²) in [6.45, 7) is 2.13. The first-order valence-corrected chi connectivity index (χ1v) is 10.2. The van der Waals surface area contributed by atoms with Gasteiger partial charge in [-0.25, -0.2) is 0 Å². The first-order chi connectivity index (χ1) is 13.8. The van der Waals surface area contributed by atoms with Crippen molar-refractivity contribution in [3.05, 3.63) is 108 Å². The number of aromatic nitrogens is 3. The Kier molecular flexibility index (Phi) is 4.34. The molecule has 0 amide bonds. The highest BCUT2D eigenvalue weighted by molar-refractivity contribution is 7.99. The zero-order valence-corrected chi connectivity index (χ0v) is 16.3. The first-order valence-electron chi connectivity index (χ1n) is 9.31. The minimum absolute atomic E-state index is 0.148. The topological polar surface area (TPSA) is 30.2 Å². The molecule has 0 aliphatic carbocycles. The third-order valence-electron chi connectivity index (χ3n) is 5.00. The number of pyridine rings is 1. The summed E-state index contributed by atoms with van der Waals surface area (Å²) in [5.41, 5.74) is 5.76. The molecule has 0 atom stereocenters. The Morgan fingerprint density at radius 2 is 1.36 bits per heavy atom. The molecule has 0 saturated carbocycles. The molecule has 136 valence electrons. The molecular formula is C24H19N3S. The van der Waals surface area contributed by atoms with Crippen molar-refractivity contribution in [3.63, 3.8) is 0 Å². The van der Waals surface area contributed by atoms with Gasteiger partial charge in [0.15, 0.2) is 10.8 Å². The van der Waals surface area contributed by atoms with E-state index >= 15 is 0 Å². The van der Waals surface area contributed by atoms with Gasteiger partial charge in [0.25, 0.3) is 0 Å². The second-order valence-electron chi connectivity index (χ2n) is 6.84. The second-order valence-corrected chi connectivity index (χ2v) is 7.91. The molecule has 2 aromatic heterocycles. The van der Waals surface area contributed by atoms with Crippen LogP contribution in [0.25, 0.3) is 16.6 Å². The van der Waals surface area contributed by atoms with Crippen LogP contribution in [-0.4, -0.2) is 14.6 Å². The van der Waals surface area contributed by atoms with E-state index in [9.17, 15) is 0 Å². The maximum atomic E-state index is 4.55. The fourth-order valence-corrected chi connectivity index (χ4v) is 4.82.